The average molecular weight is 297 g/mol. The second-order valence-electron chi connectivity index (χ2n) is 5.83. The Kier molecular flexibility index (Phi) is 4.71. The van der Waals surface area contributed by atoms with Crippen molar-refractivity contribution in [3.8, 4) is 0 Å². The second-order valence-corrected chi connectivity index (χ2v) is 5.83. The molecule has 0 atom stereocenters. The molecule has 2 aromatic rings. The molecule has 3 rings (SSSR count). The lowest BCUT2D eigenvalue weighted by molar-refractivity contribution is -0.131. The number of carbonyl (C=O) groups is 1. The third-order valence-corrected chi connectivity index (χ3v) is 4.33. The normalized spacial score (nSPS) is 16.1. The van der Waals surface area contributed by atoms with Crippen molar-refractivity contribution in [3.63, 3.8) is 0 Å². The molecule has 2 aromatic carbocycles. The van der Waals surface area contributed by atoms with E-state index in [1.807, 2.05) is 11.9 Å². The fraction of sp³-hybridized carbons (Fsp3) is 0.389. The smallest absolute Gasteiger partial charge is 0.236 e. The maximum atomic E-state index is 11.9. The predicted octanol–water partition coefficient (Wildman–Crippen LogP) is 1.70. The Hall–Kier alpha value is -1.91. The van der Waals surface area contributed by atoms with Crippen LogP contribution in [0.4, 0.5) is 0 Å². The molecule has 0 saturated carbocycles. The Morgan fingerprint density at radius 2 is 1.77 bits per heavy atom. The van der Waals surface area contributed by atoms with E-state index in [9.17, 15) is 4.79 Å². The fourth-order valence-electron chi connectivity index (χ4n) is 3.09. The number of carbonyl (C=O) groups excluding carboxylic acids is 1. The number of fused-ring (bicyclic) bond motifs is 1. The second kappa shape index (κ2) is 6.90. The quantitative estimate of drug-likeness (QED) is 0.933. The van der Waals surface area contributed by atoms with Crippen LogP contribution in [0, 0.1) is 0 Å². The molecule has 1 saturated heterocycles. The summed E-state index contributed by atoms with van der Waals surface area (Å²) in [7, 11) is 1.81. The zero-order chi connectivity index (χ0) is 15.4. The SMILES string of the molecule is CNCC(=O)N1CCN(Cc2cccc3ccccc23)CC1. The number of rotatable bonds is 4. The van der Waals surface area contributed by atoms with Crippen LogP contribution in [-0.4, -0.2) is 55.5 Å². The number of likely N-dealkylation sites (N-methyl/N-ethyl adjacent to an activating group) is 1. The van der Waals surface area contributed by atoms with Crippen LogP contribution < -0.4 is 5.32 Å². The maximum Gasteiger partial charge on any atom is 0.236 e. The minimum Gasteiger partial charge on any atom is -0.339 e. The summed E-state index contributed by atoms with van der Waals surface area (Å²) in [5.74, 6) is 0.201. The number of hydrogen-bond donors (Lipinski definition) is 1. The van der Waals surface area contributed by atoms with Gasteiger partial charge in [-0.25, -0.2) is 0 Å². The highest BCUT2D eigenvalue weighted by Gasteiger charge is 2.20. The lowest BCUT2D eigenvalue weighted by Gasteiger charge is -2.35. The molecule has 1 amide bonds. The van der Waals surface area contributed by atoms with Gasteiger partial charge in [0.1, 0.15) is 0 Å². The number of benzene rings is 2. The van der Waals surface area contributed by atoms with Gasteiger partial charge in [-0.2, -0.15) is 0 Å². The van der Waals surface area contributed by atoms with Gasteiger partial charge in [0.25, 0.3) is 0 Å². The molecule has 1 N–H and O–H groups in total. The van der Waals surface area contributed by atoms with Crippen LogP contribution in [-0.2, 0) is 11.3 Å². The zero-order valence-corrected chi connectivity index (χ0v) is 13.1. The molecule has 0 radical (unpaired) electrons. The Labute approximate surface area is 131 Å². The third kappa shape index (κ3) is 3.29. The summed E-state index contributed by atoms with van der Waals surface area (Å²) in [6.45, 7) is 4.92. The minimum atomic E-state index is 0.201. The van der Waals surface area contributed by atoms with Gasteiger partial charge >= 0.3 is 0 Å². The molecule has 0 aromatic heterocycles. The van der Waals surface area contributed by atoms with Gasteiger partial charge in [-0.3, -0.25) is 9.69 Å². The van der Waals surface area contributed by atoms with E-state index in [0.29, 0.717) is 6.54 Å². The highest BCUT2D eigenvalue weighted by atomic mass is 16.2. The lowest BCUT2D eigenvalue weighted by Crippen LogP contribution is -2.50. The van der Waals surface area contributed by atoms with Gasteiger partial charge in [0.15, 0.2) is 0 Å². The number of nitrogens with zero attached hydrogens (tertiary/aromatic N) is 2. The summed E-state index contributed by atoms with van der Waals surface area (Å²) in [5.41, 5.74) is 1.37. The van der Waals surface area contributed by atoms with E-state index < -0.39 is 0 Å². The average Bonchev–Trinajstić information content (AvgIpc) is 2.56. The van der Waals surface area contributed by atoms with Gasteiger partial charge in [-0.1, -0.05) is 42.5 Å². The summed E-state index contributed by atoms with van der Waals surface area (Å²) in [4.78, 5) is 16.3. The summed E-state index contributed by atoms with van der Waals surface area (Å²) >= 11 is 0. The molecule has 22 heavy (non-hydrogen) atoms. The largest absolute Gasteiger partial charge is 0.339 e. The Morgan fingerprint density at radius 1 is 1.05 bits per heavy atom. The van der Waals surface area contributed by atoms with Gasteiger partial charge < -0.3 is 10.2 Å². The molecular weight excluding hydrogens is 274 g/mol. The van der Waals surface area contributed by atoms with Gasteiger partial charge in [-0.15, -0.1) is 0 Å². The van der Waals surface area contributed by atoms with E-state index in [0.717, 1.165) is 32.7 Å². The van der Waals surface area contributed by atoms with Crippen LogP contribution in [0.25, 0.3) is 10.8 Å². The summed E-state index contributed by atoms with van der Waals surface area (Å²) in [6.07, 6.45) is 0. The van der Waals surface area contributed by atoms with Crippen LogP contribution in [0.5, 0.6) is 0 Å². The van der Waals surface area contributed by atoms with E-state index >= 15 is 0 Å². The van der Waals surface area contributed by atoms with Crippen LogP contribution >= 0.6 is 0 Å². The molecule has 4 heteroatoms. The molecule has 0 spiro atoms. The first kappa shape index (κ1) is 15.0. The van der Waals surface area contributed by atoms with Crippen molar-refractivity contribution in [2.45, 2.75) is 6.54 Å². The number of amides is 1. The first-order chi connectivity index (χ1) is 10.8. The van der Waals surface area contributed by atoms with E-state index in [4.69, 9.17) is 0 Å². The molecular formula is C18H23N3O. The Balaban J connectivity index is 1.64. The van der Waals surface area contributed by atoms with Crippen LogP contribution in [0.2, 0.25) is 0 Å². The van der Waals surface area contributed by atoms with E-state index in [-0.39, 0.29) is 5.91 Å². The molecule has 1 aliphatic heterocycles. The molecule has 1 heterocycles. The predicted molar refractivity (Wildman–Crippen MR) is 89.7 cm³/mol. The van der Waals surface area contributed by atoms with Crippen LogP contribution in [0.1, 0.15) is 5.56 Å². The minimum absolute atomic E-state index is 0.201. The van der Waals surface area contributed by atoms with Crippen LogP contribution in [0.15, 0.2) is 42.5 Å². The van der Waals surface area contributed by atoms with Gasteiger partial charge in [-0.05, 0) is 23.4 Å². The Bertz CT molecular complexity index is 642. The fourth-order valence-corrected chi connectivity index (χ4v) is 3.09. The van der Waals surface area contributed by atoms with Crippen molar-refractivity contribution in [1.82, 2.24) is 15.1 Å². The molecule has 0 aliphatic carbocycles. The summed E-state index contributed by atoms with van der Waals surface area (Å²) in [5, 5.41) is 5.56. The van der Waals surface area contributed by atoms with Crippen molar-refractivity contribution < 1.29 is 4.79 Å². The molecule has 116 valence electrons. The van der Waals surface area contributed by atoms with Crippen LogP contribution in [0.3, 0.4) is 0 Å². The van der Waals surface area contributed by atoms with E-state index in [1.165, 1.54) is 16.3 Å². The molecule has 1 aliphatic rings. The first-order valence-corrected chi connectivity index (χ1v) is 7.89. The highest BCUT2D eigenvalue weighted by Crippen LogP contribution is 2.20. The molecule has 4 nitrogen and oxygen atoms in total. The van der Waals surface area contributed by atoms with Gasteiger partial charge in [0.2, 0.25) is 5.91 Å². The van der Waals surface area contributed by atoms with Gasteiger partial charge in [0, 0.05) is 32.7 Å². The van der Waals surface area contributed by atoms with Crippen molar-refractivity contribution >= 4 is 16.7 Å². The summed E-state index contributed by atoms with van der Waals surface area (Å²) < 4.78 is 0. The number of nitrogens with one attached hydrogen (secondary N) is 1. The standard InChI is InChI=1S/C18H23N3O/c1-19-13-18(22)21-11-9-20(10-12-21)14-16-7-4-6-15-5-2-3-8-17(15)16/h2-8,19H,9-14H2,1H3. The molecule has 0 bridgehead atoms. The van der Waals surface area contributed by atoms with Gasteiger partial charge in [0.05, 0.1) is 6.54 Å². The van der Waals surface area contributed by atoms with E-state index in [2.05, 4.69) is 52.7 Å². The highest BCUT2D eigenvalue weighted by molar-refractivity contribution is 5.85. The molecule has 0 unspecified atom stereocenters. The van der Waals surface area contributed by atoms with Crippen molar-refractivity contribution in [1.29, 1.82) is 0 Å². The zero-order valence-electron chi connectivity index (χ0n) is 13.1. The molecule has 1 fully saturated rings. The lowest BCUT2D eigenvalue weighted by atomic mass is 10.0. The summed E-state index contributed by atoms with van der Waals surface area (Å²) in [6, 6.07) is 15.0. The monoisotopic (exact) mass is 297 g/mol. The number of piperazine rings is 1. The van der Waals surface area contributed by atoms with Crippen molar-refractivity contribution in [2.75, 3.05) is 39.8 Å². The third-order valence-electron chi connectivity index (χ3n) is 4.33. The first-order valence-electron chi connectivity index (χ1n) is 7.89. The maximum absolute atomic E-state index is 11.9. The Morgan fingerprint density at radius 3 is 2.55 bits per heavy atom. The number of hydrogen-bond acceptors (Lipinski definition) is 3. The van der Waals surface area contributed by atoms with Crippen molar-refractivity contribution in [2.24, 2.45) is 0 Å². The van der Waals surface area contributed by atoms with E-state index in [1.54, 1.807) is 0 Å². The topological polar surface area (TPSA) is 35.6 Å². The van der Waals surface area contributed by atoms with Crippen molar-refractivity contribution in [3.05, 3.63) is 48.0 Å².